The zero-order chi connectivity index (χ0) is 18.6. The third kappa shape index (κ3) is 3.71. The number of carboxylic acids is 1. The third-order valence-corrected chi connectivity index (χ3v) is 4.93. The van der Waals surface area contributed by atoms with Crippen LogP contribution >= 0.6 is 0 Å². The first kappa shape index (κ1) is 17.3. The van der Waals surface area contributed by atoms with Gasteiger partial charge in [0.05, 0.1) is 23.0 Å². The number of aromatic nitrogens is 3. The highest BCUT2D eigenvalue weighted by atomic mass is 16.4. The number of pyridine rings is 1. The van der Waals surface area contributed by atoms with E-state index in [1.165, 1.54) is 0 Å². The number of aromatic carboxylic acids is 1. The normalized spacial score (nSPS) is 17.1. The van der Waals surface area contributed by atoms with Gasteiger partial charge in [-0.25, -0.2) is 4.79 Å². The van der Waals surface area contributed by atoms with E-state index in [9.17, 15) is 9.90 Å². The van der Waals surface area contributed by atoms with E-state index >= 15 is 0 Å². The summed E-state index contributed by atoms with van der Waals surface area (Å²) in [6.07, 6.45) is 9.32. The fraction of sp³-hybridized carbons (Fsp3) is 0.238. The summed E-state index contributed by atoms with van der Waals surface area (Å²) < 4.78 is 0. The Kier molecular flexibility index (Phi) is 4.89. The molecule has 0 bridgehead atoms. The maximum atomic E-state index is 11.4. The lowest BCUT2D eigenvalue weighted by Crippen LogP contribution is -2.23. The molecule has 0 saturated carbocycles. The Hall–Kier alpha value is -3.12. The minimum Gasteiger partial charge on any atom is -0.478 e. The van der Waals surface area contributed by atoms with Crippen LogP contribution in [0.3, 0.4) is 0 Å². The number of hydrogen-bond donors (Lipinski definition) is 1. The van der Waals surface area contributed by atoms with Gasteiger partial charge in [-0.05, 0) is 37.1 Å². The molecule has 2 aromatic heterocycles. The highest BCUT2D eigenvalue weighted by Crippen LogP contribution is 2.31. The molecule has 0 spiro atoms. The Balaban J connectivity index is 1.53. The van der Waals surface area contributed by atoms with E-state index in [1.54, 1.807) is 30.6 Å². The van der Waals surface area contributed by atoms with Crippen LogP contribution in [-0.4, -0.2) is 37.5 Å². The molecule has 4 rings (SSSR count). The van der Waals surface area contributed by atoms with Crippen LogP contribution in [-0.2, 0) is 6.54 Å². The second-order valence-corrected chi connectivity index (χ2v) is 6.66. The third-order valence-electron chi connectivity index (χ3n) is 4.93. The fourth-order valence-electron chi connectivity index (χ4n) is 3.64. The highest BCUT2D eigenvalue weighted by Gasteiger charge is 2.27. The summed E-state index contributed by atoms with van der Waals surface area (Å²) in [7, 11) is 0. The maximum Gasteiger partial charge on any atom is 0.336 e. The molecular formula is C21H20N4O2. The summed E-state index contributed by atoms with van der Waals surface area (Å²) in [6, 6.07) is 11.1. The lowest BCUT2D eigenvalue weighted by Gasteiger charge is -2.23. The van der Waals surface area contributed by atoms with Crippen molar-refractivity contribution >= 4 is 5.97 Å². The smallest absolute Gasteiger partial charge is 0.336 e. The summed E-state index contributed by atoms with van der Waals surface area (Å²) in [5.41, 5.74) is 3.68. The van der Waals surface area contributed by atoms with Gasteiger partial charge in [-0.2, -0.15) is 0 Å². The van der Waals surface area contributed by atoms with E-state index in [2.05, 4.69) is 19.9 Å². The Morgan fingerprint density at radius 3 is 2.74 bits per heavy atom. The van der Waals surface area contributed by atoms with Crippen molar-refractivity contribution in [1.29, 1.82) is 0 Å². The molecule has 1 aromatic carbocycles. The van der Waals surface area contributed by atoms with Gasteiger partial charge in [0.25, 0.3) is 0 Å². The minimum atomic E-state index is -0.944. The van der Waals surface area contributed by atoms with E-state index in [4.69, 9.17) is 0 Å². The van der Waals surface area contributed by atoms with Gasteiger partial charge in [-0.1, -0.05) is 24.3 Å². The molecule has 0 radical (unpaired) electrons. The monoisotopic (exact) mass is 360 g/mol. The minimum absolute atomic E-state index is 0.264. The molecule has 1 saturated heterocycles. The van der Waals surface area contributed by atoms with E-state index in [1.807, 2.05) is 30.6 Å². The molecule has 6 nitrogen and oxygen atoms in total. The van der Waals surface area contributed by atoms with E-state index < -0.39 is 5.97 Å². The first-order valence-corrected chi connectivity index (χ1v) is 9.00. The number of carboxylic acid groups (broad SMARTS) is 1. The molecule has 1 atom stereocenters. The van der Waals surface area contributed by atoms with Crippen molar-refractivity contribution in [3.05, 3.63) is 78.0 Å². The van der Waals surface area contributed by atoms with Gasteiger partial charge in [0, 0.05) is 36.9 Å². The molecule has 1 fully saturated rings. The first-order valence-electron chi connectivity index (χ1n) is 9.00. The number of nitrogens with zero attached hydrogens (tertiary/aromatic N) is 4. The van der Waals surface area contributed by atoms with Gasteiger partial charge in [0.15, 0.2) is 0 Å². The van der Waals surface area contributed by atoms with Gasteiger partial charge >= 0.3 is 5.97 Å². The Morgan fingerprint density at radius 1 is 1.11 bits per heavy atom. The lowest BCUT2D eigenvalue weighted by atomic mass is 10.0. The lowest BCUT2D eigenvalue weighted by molar-refractivity contribution is 0.0697. The van der Waals surface area contributed by atoms with Gasteiger partial charge in [0.2, 0.25) is 0 Å². The SMILES string of the molecule is O=C(O)c1ccccc1-c1ccc(CN2CCC[C@@H]2c2cnccn2)cn1. The van der Waals surface area contributed by atoms with E-state index in [0.29, 0.717) is 11.3 Å². The molecule has 0 amide bonds. The Bertz CT molecular complexity index is 928. The quantitative estimate of drug-likeness (QED) is 0.749. The molecule has 1 aliphatic heterocycles. The Morgan fingerprint density at radius 2 is 2.00 bits per heavy atom. The summed E-state index contributed by atoms with van der Waals surface area (Å²) in [6.45, 7) is 1.81. The van der Waals surface area contributed by atoms with E-state index in [-0.39, 0.29) is 11.6 Å². The largest absolute Gasteiger partial charge is 0.478 e. The molecule has 136 valence electrons. The van der Waals surface area contributed by atoms with E-state index in [0.717, 1.165) is 37.2 Å². The van der Waals surface area contributed by atoms with Crippen LogP contribution < -0.4 is 0 Å². The average molecular weight is 360 g/mol. The number of hydrogen-bond acceptors (Lipinski definition) is 5. The molecule has 3 heterocycles. The van der Waals surface area contributed by atoms with Crippen LogP contribution in [0.5, 0.6) is 0 Å². The first-order chi connectivity index (χ1) is 13.2. The zero-order valence-corrected chi connectivity index (χ0v) is 14.8. The molecule has 0 unspecified atom stereocenters. The molecular weight excluding hydrogens is 340 g/mol. The van der Waals surface area contributed by atoms with Gasteiger partial charge in [-0.15, -0.1) is 0 Å². The maximum absolute atomic E-state index is 11.4. The fourth-order valence-corrected chi connectivity index (χ4v) is 3.64. The molecule has 1 aliphatic rings. The van der Waals surface area contributed by atoms with Crippen molar-refractivity contribution in [2.45, 2.75) is 25.4 Å². The number of carbonyl (C=O) groups is 1. The summed E-state index contributed by atoms with van der Waals surface area (Å²) >= 11 is 0. The second-order valence-electron chi connectivity index (χ2n) is 6.66. The van der Waals surface area contributed by atoms with Crippen molar-refractivity contribution in [2.75, 3.05) is 6.54 Å². The molecule has 1 N–H and O–H groups in total. The van der Waals surface area contributed by atoms with Crippen LogP contribution in [0.25, 0.3) is 11.3 Å². The van der Waals surface area contributed by atoms with Crippen molar-refractivity contribution in [3.8, 4) is 11.3 Å². The van der Waals surface area contributed by atoms with Crippen LogP contribution in [0.4, 0.5) is 0 Å². The molecule has 6 heteroatoms. The predicted molar refractivity (Wildman–Crippen MR) is 101 cm³/mol. The topological polar surface area (TPSA) is 79.2 Å². The van der Waals surface area contributed by atoms with Gasteiger partial charge in [0.1, 0.15) is 0 Å². The predicted octanol–water partition coefficient (Wildman–Crippen LogP) is 3.57. The van der Waals surface area contributed by atoms with Crippen LogP contribution in [0.1, 0.15) is 40.5 Å². The summed E-state index contributed by atoms with van der Waals surface area (Å²) in [5, 5.41) is 9.36. The van der Waals surface area contributed by atoms with Gasteiger partial charge in [-0.3, -0.25) is 19.9 Å². The number of benzene rings is 1. The van der Waals surface area contributed by atoms with Crippen molar-refractivity contribution < 1.29 is 9.90 Å². The van der Waals surface area contributed by atoms with Crippen molar-refractivity contribution in [3.63, 3.8) is 0 Å². The van der Waals surface area contributed by atoms with Crippen molar-refractivity contribution in [1.82, 2.24) is 19.9 Å². The van der Waals surface area contributed by atoms with Crippen LogP contribution in [0.2, 0.25) is 0 Å². The standard InChI is InChI=1S/C21H20N4O2/c26-21(27)17-5-2-1-4-16(17)18-8-7-15(12-24-18)14-25-11-3-6-20(25)19-13-22-9-10-23-19/h1-2,4-5,7-10,12-13,20H,3,6,11,14H2,(H,26,27)/t20-/m1/s1. The number of likely N-dealkylation sites (tertiary alicyclic amines) is 1. The summed E-state index contributed by atoms with van der Waals surface area (Å²) in [5.74, 6) is -0.944. The molecule has 3 aromatic rings. The number of rotatable bonds is 5. The average Bonchev–Trinajstić information content (AvgIpc) is 3.17. The second kappa shape index (κ2) is 7.63. The summed E-state index contributed by atoms with van der Waals surface area (Å²) in [4.78, 5) is 27.0. The highest BCUT2D eigenvalue weighted by molar-refractivity contribution is 5.95. The van der Waals surface area contributed by atoms with Crippen LogP contribution in [0, 0.1) is 0 Å². The van der Waals surface area contributed by atoms with Crippen molar-refractivity contribution in [2.24, 2.45) is 0 Å². The van der Waals surface area contributed by atoms with Gasteiger partial charge < -0.3 is 5.11 Å². The Labute approximate surface area is 157 Å². The molecule has 0 aliphatic carbocycles. The van der Waals surface area contributed by atoms with Crippen LogP contribution in [0.15, 0.2) is 61.2 Å². The molecule has 27 heavy (non-hydrogen) atoms. The zero-order valence-electron chi connectivity index (χ0n) is 14.8.